The summed E-state index contributed by atoms with van der Waals surface area (Å²) >= 11 is 0. The van der Waals surface area contributed by atoms with E-state index in [1.54, 1.807) is 12.1 Å². The lowest BCUT2D eigenvalue weighted by Gasteiger charge is -2.06. The fourth-order valence-electron chi connectivity index (χ4n) is 1.66. The molecule has 4 heteroatoms. The van der Waals surface area contributed by atoms with Gasteiger partial charge in [0.05, 0.1) is 19.1 Å². The van der Waals surface area contributed by atoms with E-state index < -0.39 is 5.97 Å². The summed E-state index contributed by atoms with van der Waals surface area (Å²) in [5, 5.41) is 0. The summed E-state index contributed by atoms with van der Waals surface area (Å²) in [6, 6.07) is 3.39. The predicted octanol–water partition coefficient (Wildman–Crippen LogP) is 1.24. The van der Waals surface area contributed by atoms with Crippen LogP contribution in [0.25, 0.3) is 0 Å². The van der Waals surface area contributed by atoms with Gasteiger partial charge in [0.2, 0.25) is 0 Å². The summed E-state index contributed by atoms with van der Waals surface area (Å²) < 4.78 is 9.66. The Morgan fingerprint density at radius 1 is 1.47 bits per heavy atom. The van der Waals surface area contributed by atoms with Gasteiger partial charge < -0.3 is 9.47 Å². The van der Waals surface area contributed by atoms with Crippen LogP contribution < -0.4 is 4.74 Å². The number of hydrogen-bond donors (Lipinski definition) is 0. The Bertz CT molecular complexity index is 448. The Hall–Kier alpha value is -1.84. The lowest BCUT2D eigenvalue weighted by Crippen LogP contribution is -2.05. The van der Waals surface area contributed by atoms with Crippen molar-refractivity contribution in [2.75, 3.05) is 7.11 Å². The molecule has 2 rings (SSSR count). The third-order valence-corrected chi connectivity index (χ3v) is 2.40. The minimum Gasteiger partial charge on any atom is -0.465 e. The first-order valence-electron chi connectivity index (χ1n) is 4.55. The number of ether oxygens (including phenoxy) is 2. The average molecular weight is 206 g/mol. The second-order valence-electron chi connectivity index (χ2n) is 3.38. The third kappa shape index (κ3) is 1.48. The van der Waals surface area contributed by atoms with E-state index in [1.165, 1.54) is 7.11 Å². The van der Waals surface area contributed by atoms with Crippen molar-refractivity contribution >= 4 is 11.9 Å². The van der Waals surface area contributed by atoms with E-state index >= 15 is 0 Å². The Labute approximate surface area is 86.8 Å². The van der Waals surface area contributed by atoms with Crippen LogP contribution in [0.3, 0.4) is 0 Å². The maximum absolute atomic E-state index is 11.4. The first-order chi connectivity index (χ1) is 7.13. The van der Waals surface area contributed by atoms with Gasteiger partial charge in [-0.05, 0) is 18.6 Å². The van der Waals surface area contributed by atoms with Crippen molar-refractivity contribution in [1.82, 2.24) is 0 Å². The number of hydrogen-bond acceptors (Lipinski definition) is 4. The van der Waals surface area contributed by atoms with Gasteiger partial charge in [-0.2, -0.15) is 0 Å². The van der Waals surface area contributed by atoms with Crippen molar-refractivity contribution in [3.63, 3.8) is 0 Å². The molecule has 4 nitrogen and oxygen atoms in total. The summed E-state index contributed by atoms with van der Waals surface area (Å²) in [4.78, 5) is 22.5. The molecule has 0 aliphatic carbocycles. The summed E-state index contributed by atoms with van der Waals surface area (Å²) in [6.07, 6.45) is 0.140. The van der Waals surface area contributed by atoms with Gasteiger partial charge in [0, 0.05) is 5.56 Å². The van der Waals surface area contributed by atoms with Gasteiger partial charge >= 0.3 is 11.9 Å². The molecular formula is C11H10O4. The van der Waals surface area contributed by atoms with E-state index in [4.69, 9.17) is 4.74 Å². The topological polar surface area (TPSA) is 52.6 Å². The summed E-state index contributed by atoms with van der Waals surface area (Å²) in [7, 11) is 1.31. The Morgan fingerprint density at radius 3 is 2.87 bits per heavy atom. The van der Waals surface area contributed by atoms with Crippen LogP contribution in [0, 0.1) is 6.92 Å². The van der Waals surface area contributed by atoms with Crippen molar-refractivity contribution in [1.29, 1.82) is 0 Å². The molecule has 0 fully saturated rings. The molecule has 1 aliphatic heterocycles. The normalized spacial score (nSPS) is 13.3. The van der Waals surface area contributed by atoms with Crippen LogP contribution in [0.15, 0.2) is 12.1 Å². The zero-order valence-electron chi connectivity index (χ0n) is 8.49. The third-order valence-electron chi connectivity index (χ3n) is 2.40. The highest BCUT2D eigenvalue weighted by molar-refractivity contribution is 5.96. The van der Waals surface area contributed by atoms with Gasteiger partial charge in [-0.3, -0.25) is 4.79 Å². The van der Waals surface area contributed by atoms with Gasteiger partial charge in [-0.1, -0.05) is 6.07 Å². The van der Waals surface area contributed by atoms with Crippen LogP contribution in [-0.2, 0) is 16.0 Å². The van der Waals surface area contributed by atoms with Crippen LogP contribution in [0.5, 0.6) is 5.75 Å². The monoisotopic (exact) mass is 206 g/mol. The molecule has 0 saturated carbocycles. The highest BCUT2D eigenvalue weighted by Crippen LogP contribution is 2.32. The van der Waals surface area contributed by atoms with Crippen molar-refractivity contribution in [2.45, 2.75) is 13.3 Å². The van der Waals surface area contributed by atoms with Crippen LogP contribution in [0.2, 0.25) is 0 Å². The summed E-state index contributed by atoms with van der Waals surface area (Å²) in [5.41, 5.74) is 1.89. The number of carbonyl (C=O) groups excluding carboxylic acids is 2. The van der Waals surface area contributed by atoms with Gasteiger partial charge in [-0.25, -0.2) is 4.79 Å². The molecule has 15 heavy (non-hydrogen) atoms. The number of aryl methyl sites for hydroxylation is 1. The quantitative estimate of drug-likeness (QED) is 0.512. The van der Waals surface area contributed by atoms with Crippen molar-refractivity contribution < 1.29 is 19.1 Å². The number of carbonyl (C=O) groups is 2. The van der Waals surface area contributed by atoms with E-state index in [-0.39, 0.29) is 12.4 Å². The molecule has 0 saturated heterocycles. The molecule has 0 atom stereocenters. The molecular weight excluding hydrogens is 196 g/mol. The Balaban J connectivity index is 2.57. The van der Waals surface area contributed by atoms with Gasteiger partial charge in [0.25, 0.3) is 0 Å². The molecule has 1 heterocycles. The smallest absolute Gasteiger partial charge is 0.338 e. The first kappa shape index (κ1) is 9.71. The van der Waals surface area contributed by atoms with E-state index in [1.807, 2.05) is 6.92 Å². The standard InChI is InChI=1S/C11H10O4/c1-6-3-4-7(11(13)14-2)8-5-9(12)15-10(6)8/h3-4H,5H2,1-2H3. The molecule has 0 aromatic heterocycles. The predicted molar refractivity (Wildman–Crippen MR) is 51.9 cm³/mol. The maximum atomic E-state index is 11.4. The molecule has 0 bridgehead atoms. The highest BCUT2D eigenvalue weighted by Gasteiger charge is 2.27. The number of esters is 2. The molecule has 0 amide bonds. The zero-order chi connectivity index (χ0) is 11.0. The molecule has 1 aliphatic rings. The van der Waals surface area contributed by atoms with Gasteiger partial charge in [-0.15, -0.1) is 0 Å². The van der Waals surface area contributed by atoms with Crippen molar-refractivity contribution in [3.8, 4) is 5.75 Å². The molecule has 0 spiro atoms. The number of rotatable bonds is 1. The maximum Gasteiger partial charge on any atom is 0.338 e. The minimum atomic E-state index is -0.440. The number of fused-ring (bicyclic) bond motifs is 1. The molecule has 1 aromatic carbocycles. The molecule has 1 aromatic rings. The lowest BCUT2D eigenvalue weighted by atomic mass is 10.0. The number of benzene rings is 1. The molecule has 0 radical (unpaired) electrons. The summed E-state index contributed by atoms with van der Waals surface area (Å²) in [5.74, 6) is -0.267. The van der Waals surface area contributed by atoms with Gasteiger partial charge in [0.15, 0.2) is 0 Å². The first-order valence-corrected chi connectivity index (χ1v) is 4.55. The van der Waals surface area contributed by atoms with E-state index in [9.17, 15) is 9.59 Å². The molecule has 78 valence electrons. The largest absolute Gasteiger partial charge is 0.465 e. The summed E-state index contributed by atoms with van der Waals surface area (Å²) in [6.45, 7) is 1.83. The fraction of sp³-hybridized carbons (Fsp3) is 0.273. The van der Waals surface area contributed by atoms with Gasteiger partial charge in [0.1, 0.15) is 5.75 Å². The van der Waals surface area contributed by atoms with Crippen LogP contribution in [-0.4, -0.2) is 19.0 Å². The SMILES string of the molecule is COC(=O)c1ccc(C)c2c1CC(=O)O2. The van der Waals surface area contributed by atoms with E-state index in [2.05, 4.69) is 4.74 Å². The second kappa shape index (κ2) is 3.38. The van der Waals surface area contributed by atoms with Crippen molar-refractivity contribution in [2.24, 2.45) is 0 Å². The van der Waals surface area contributed by atoms with Crippen LogP contribution in [0.4, 0.5) is 0 Å². The minimum absolute atomic E-state index is 0.140. The van der Waals surface area contributed by atoms with E-state index in [0.29, 0.717) is 16.9 Å². The fourth-order valence-corrected chi connectivity index (χ4v) is 1.66. The average Bonchev–Trinajstić information content (AvgIpc) is 2.60. The van der Waals surface area contributed by atoms with Crippen molar-refractivity contribution in [3.05, 3.63) is 28.8 Å². The second-order valence-corrected chi connectivity index (χ2v) is 3.38. The Morgan fingerprint density at radius 2 is 2.20 bits per heavy atom. The molecule has 0 unspecified atom stereocenters. The molecule has 0 N–H and O–H groups in total. The zero-order valence-corrected chi connectivity index (χ0v) is 8.49. The highest BCUT2D eigenvalue weighted by atomic mass is 16.5. The van der Waals surface area contributed by atoms with E-state index in [0.717, 1.165) is 5.56 Å². The number of methoxy groups -OCH3 is 1. The Kier molecular flexibility index (Phi) is 2.19. The van der Waals surface area contributed by atoms with Crippen LogP contribution >= 0.6 is 0 Å². The lowest BCUT2D eigenvalue weighted by molar-refractivity contribution is -0.131. The van der Waals surface area contributed by atoms with Crippen LogP contribution in [0.1, 0.15) is 21.5 Å².